The highest BCUT2D eigenvalue weighted by atomic mass is 35.5. The third kappa shape index (κ3) is 4.82. The van der Waals surface area contributed by atoms with Crippen LogP contribution in [-0.2, 0) is 5.60 Å². The van der Waals surface area contributed by atoms with E-state index < -0.39 is 5.60 Å². The number of rotatable bonds is 8. The molecule has 0 heterocycles. The quantitative estimate of drug-likeness (QED) is 0.425. The Bertz CT molecular complexity index is 604. The molecule has 136 valence electrons. The molecule has 0 atom stereocenters. The van der Waals surface area contributed by atoms with Crippen molar-refractivity contribution >= 4 is 18.1 Å². The van der Waals surface area contributed by atoms with E-state index in [2.05, 4.69) is 23.9 Å². The molecule has 25 heavy (non-hydrogen) atoms. The molecule has 0 saturated heterocycles. The first kappa shape index (κ1) is 21.2. The largest absolute Gasteiger partial charge is 0.411 e. The summed E-state index contributed by atoms with van der Waals surface area (Å²) < 4.78 is 0. The van der Waals surface area contributed by atoms with E-state index in [1.165, 1.54) is 0 Å². The Morgan fingerprint density at radius 2 is 1.36 bits per heavy atom. The zero-order valence-electron chi connectivity index (χ0n) is 14.8. The molecule has 0 aliphatic rings. The van der Waals surface area contributed by atoms with Crippen LogP contribution in [0, 0.1) is 0 Å². The van der Waals surface area contributed by atoms with Crippen LogP contribution < -0.4 is 0 Å². The average Bonchev–Trinajstić information content (AvgIpc) is 2.66. The zero-order chi connectivity index (χ0) is 17.4. The topological polar surface area (TPSA) is 56.1 Å². The molecule has 0 amide bonds. The second-order valence-corrected chi connectivity index (χ2v) is 5.77. The monoisotopic (exact) mass is 362 g/mol. The summed E-state index contributed by atoms with van der Waals surface area (Å²) in [6.07, 6.45) is 0.485. The SMILES string of the molecule is CCN(CC)CCC(=NO)C(O)(c1ccccc1)c1ccccc1.Cl. The van der Waals surface area contributed by atoms with Crippen LogP contribution in [0.5, 0.6) is 0 Å². The van der Waals surface area contributed by atoms with Crippen molar-refractivity contribution in [1.82, 2.24) is 4.90 Å². The zero-order valence-corrected chi connectivity index (χ0v) is 15.6. The maximum absolute atomic E-state index is 11.6. The van der Waals surface area contributed by atoms with Gasteiger partial charge in [0.1, 0.15) is 0 Å². The highest BCUT2D eigenvalue weighted by molar-refractivity contribution is 5.96. The molecule has 0 bridgehead atoms. The highest BCUT2D eigenvalue weighted by Gasteiger charge is 2.37. The van der Waals surface area contributed by atoms with Crippen molar-refractivity contribution < 1.29 is 10.3 Å². The van der Waals surface area contributed by atoms with E-state index in [9.17, 15) is 10.3 Å². The number of benzene rings is 2. The van der Waals surface area contributed by atoms with Crippen molar-refractivity contribution in [2.24, 2.45) is 5.16 Å². The Morgan fingerprint density at radius 1 is 0.920 bits per heavy atom. The smallest absolute Gasteiger partial charge is 0.156 e. The molecular formula is C20H27ClN2O2. The van der Waals surface area contributed by atoms with Gasteiger partial charge in [-0.25, -0.2) is 0 Å². The van der Waals surface area contributed by atoms with Gasteiger partial charge in [0.15, 0.2) is 5.60 Å². The number of halogens is 1. The summed E-state index contributed by atoms with van der Waals surface area (Å²) in [6.45, 7) is 6.77. The van der Waals surface area contributed by atoms with E-state index in [-0.39, 0.29) is 12.4 Å². The second kappa shape index (κ2) is 10.2. The summed E-state index contributed by atoms with van der Waals surface area (Å²) in [5.41, 5.74) is 0.309. The maximum Gasteiger partial charge on any atom is 0.156 e. The Balaban J connectivity index is 0.00000312. The van der Waals surface area contributed by atoms with Crippen LogP contribution >= 0.6 is 12.4 Å². The van der Waals surface area contributed by atoms with Crippen LogP contribution in [0.3, 0.4) is 0 Å². The second-order valence-electron chi connectivity index (χ2n) is 5.77. The minimum absolute atomic E-state index is 0. The molecule has 0 spiro atoms. The Labute approximate surface area is 156 Å². The van der Waals surface area contributed by atoms with Crippen molar-refractivity contribution in [3.05, 3.63) is 71.8 Å². The molecule has 0 aliphatic carbocycles. The van der Waals surface area contributed by atoms with Crippen LogP contribution in [0.2, 0.25) is 0 Å². The Kier molecular flexibility index (Phi) is 8.62. The summed E-state index contributed by atoms with van der Waals surface area (Å²) in [5, 5.41) is 24.7. The molecule has 2 aromatic carbocycles. The number of hydrogen-bond acceptors (Lipinski definition) is 4. The van der Waals surface area contributed by atoms with E-state index in [0.717, 1.165) is 19.6 Å². The lowest BCUT2D eigenvalue weighted by atomic mass is 9.81. The fourth-order valence-electron chi connectivity index (χ4n) is 2.97. The van der Waals surface area contributed by atoms with Crippen LogP contribution in [0.4, 0.5) is 0 Å². The third-order valence-corrected chi connectivity index (χ3v) is 4.48. The summed E-state index contributed by atoms with van der Waals surface area (Å²) in [4.78, 5) is 2.24. The van der Waals surface area contributed by atoms with Gasteiger partial charge >= 0.3 is 0 Å². The molecule has 0 radical (unpaired) electrons. The van der Waals surface area contributed by atoms with Crippen molar-refractivity contribution in [2.45, 2.75) is 25.9 Å². The molecule has 2 rings (SSSR count). The van der Waals surface area contributed by atoms with Gasteiger partial charge in [-0.15, -0.1) is 12.4 Å². The predicted molar refractivity (Wildman–Crippen MR) is 105 cm³/mol. The van der Waals surface area contributed by atoms with Crippen molar-refractivity contribution in [1.29, 1.82) is 0 Å². The fourth-order valence-corrected chi connectivity index (χ4v) is 2.97. The molecule has 2 aromatic rings. The van der Waals surface area contributed by atoms with E-state index in [4.69, 9.17) is 0 Å². The number of oxime groups is 1. The normalized spacial score (nSPS) is 12.1. The summed E-state index contributed by atoms with van der Waals surface area (Å²) in [6, 6.07) is 18.7. The first-order valence-corrected chi connectivity index (χ1v) is 8.44. The minimum atomic E-state index is -1.44. The summed E-state index contributed by atoms with van der Waals surface area (Å²) >= 11 is 0. The Morgan fingerprint density at radius 3 is 1.72 bits per heavy atom. The van der Waals surface area contributed by atoms with Gasteiger partial charge in [-0.3, -0.25) is 0 Å². The van der Waals surface area contributed by atoms with Crippen molar-refractivity contribution in [3.63, 3.8) is 0 Å². The van der Waals surface area contributed by atoms with Crippen LogP contribution in [0.1, 0.15) is 31.4 Å². The van der Waals surface area contributed by atoms with Gasteiger partial charge < -0.3 is 15.2 Å². The van der Waals surface area contributed by atoms with Crippen molar-refractivity contribution in [2.75, 3.05) is 19.6 Å². The molecule has 0 aliphatic heterocycles. The molecule has 4 nitrogen and oxygen atoms in total. The van der Waals surface area contributed by atoms with Gasteiger partial charge in [0.25, 0.3) is 0 Å². The summed E-state index contributed by atoms with van der Waals surface area (Å²) in [5.74, 6) is 0. The predicted octanol–water partition coefficient (Wildman–Crippen LogP) is 3.91. The van der Waals surface area contributed by atoms with Gasteiger partial charge in [-0.1, -0.05) is 79.7 Å². The van der Waals surface area contributed by atoms with Crippen LogP contribution in [0.25, 0.3) is 0 Å². The lowest BCUT2D eigenvalue weighted by Gasteiger charge is -2.31. The van der Waals surface area contributed by atoms with E-state index in [0.29, 0.717) is 23.3 Å². The number of aliphatic hydroxyl groups is 1. The fraction of sp³-hybridized carbons (Fsp3) is 0.350. The van der Waals surface area contributed by atoms with E-state index in [1.54, 1.807) is 0 Å². The molecule has 5 heteroatoms. The van der Waals surface area contributed by atoms with Gasteiger partial charge in [0.2, 0.25) is 0 Å². The van der Waals surface area contributed by atoms with Gasteiger partial charge in [-0.2, -0.15) is 0 Å². The standard InChI is InChI=1S/C20H26N2O2.ClH/c1-3-22(4-2)16-15-19(21-24)20(23,17-11-7-5-8-12-17)18-13-9-6-10-14-18;/h5-14,23-24H,3-4,15-16H2,1-2H3;1H. The molecule has 0 fully saturated rings. The molecule has 2 N–H and O–H groups in total. The van der Waals surface area contributed by atoms with E-state index in [1.807, 2.05) is 60.7 Å². The van der Waals surface area contributed by atoms with E-state index >= 15 is 0 Å². The lowest BCUT2D eigenvalue weighted by molar-refractivity contribution is 0.145. The van der Waals surface area contributed by atoms with Crippen molar-refractivity contribution in [3.8, 4) is 0 Å². The van der Waals surface area contributed by atoms with Crippen LogP contribution in [0.15, 0.2) is 65.8 Å². The molecular weight excluding hydrogens is 336 g/mol. The number of hydrogen-bond donors (Lipinski definition) is 2. The highest BCUT2D eigenvalue weighted by Crippen LogP contribution is 2.32. The van der Waals surface area contributed by atoms with Crippen LogP contribution in [-0.4, -0.2) is 40.6 Å². The average molecular weight is 363 g/mol. The van der Waals surface area contributed by atoms with Gasteiger partial charge in [0, 0.05) is 13.0 Å². The first-order chi connectivity index (χ1) is 11.7. The minimum Gasteiger partial charge on any atom is -0.411 e. The number of nitrogens with zero attached hydrogens (tertiary/aromatic N) is 2. The van der Waals surface area contributed by atoms with Gasteiger partial charge in [0.05, 0.1) is 5.71 Å². The molecule has 0 unspecified atom stereocenters. The first-order valence-electron chi connectivity index (χ1n) is 8.44. The summed E-state index contributed by atoms with van der Waals surface area (Å²) in [7, 11) is 0. The third-order valence-electron chi connectivity index (χ3n) is 4.48. The maximum atomic E-state index is 11.6. The molecule has 0 aromatic heterocycles. The lowest BCUT2D eigenvalue weighted by Crippen LogP contribution is -2.39. The molecule has 0 saturated carbocycles. The van der Waals surface area contributed by atoms with Gasteiger partial charge in [-0.05, 0) is 24.2 Å². The Hall–Kier alpha value is -1.88.